The average molecular weight is 201 g/mol. The molecule has 1 aromatic carbocycles. The molecule has 0 spiro atoms. The standard InChI is InChI=1S/C11H11N3O/c1-8-5-3-4-6-9(8)11-10(7-15)12-13-14(11)2/h3-7H,1-2H3. The topological polar surface area (TPSA) is 47.8 Å². The van der Waals surface area contributed by atoms with Gasteiger partial charge in [-0.25, -0.2) is 4.68 Å². The molecule has 2 rings (SSSR count). The summed E-state index contributed by atoms with van der Waals surface area (Å²) in [6.07, 6.45) is 0.731. The van der Waals surface area contributed by atoms with Gasteiger partial charge in [-0.3, -0.25) is 4.79 Å². The molecule has 76 valence electrons. The lowest BCUT2D eigenvalue weighted by Gasteiger charge is -2.05. The van der Waals surface area contributed by atoms with Crippen LogP contribution >= 0.6 is 0 Å². The van der Waals surface area contributed by atoms with Crippen molar-refractivity contribution in [1.29, 1.82) is 0 Å². The van der Waals surface area contributed by atoms with Crippen LogP contribution < -0.4 is 0 Å². The molecule has 15 heavy (non-hydrogen) atoms. The predicted molar refractivity (Wildman–Crippen MR) is 56.6 cm³/mol. The Bertz CT molecular complexity index is 502. The summed E-state index contributed by atoms with van der Waals surface area (Å²) in [5, 5.41) is 7.64. The van der Waals surface area contributed by atoms with Gasteiger partial charge >= 0.3 is 0 Å². The molecule has 0 fully saturated rings. The number of nitrogens with zero attached hydrogens (tertiary/aromatic N) is 3. The lowest BCUT2D eigenvalue weighted by atomic mass is 10.0. The molecule has 0 unspecified atom stereocenters. The number of benzene rings is 1. The number of carbonyl (C=O) groups is 1. The highest BCUT2D eigenvalue weighted by molar-refractivity contribution is 5.84. The van der Waals surface area contributed by atoms with E-state index in [1.807, 2.05) is 31.2 Å². The van der Waals surface area contributed by atoms with E-state index in [9.17, 15) is 4.79 Å². The van der Waals surface area contributed by atoms with Crippen molar-refractivity contribution < 1.29 is 4.79 Å². The molecule has 0 saturated heterocycles. The summed E-state index contributed by atoms with van der Waals surface area (Å²) >= 11 is 0. The van der Waals surface area contributed by atoms with Crippen LogP contribution in [0.15, 0.2) is 24.3 Å². The molecular weight excluding hydrogens is 190 g/mol. The molecule has 1 heterocycles. The number of rotatable bonds is 2. The Balaban J connectivity index is 2.68. The number of hydrogen-bond donors (Lipinski definition) is 0. The van der Waals surface area contributed by atoms with E-state index in [2.05, 4.69) is 10.3 Å². The van der Waals surface area contributed by atoms with Crippen molar-refractivity contribution in [1.82, 2.24) is 15.0 Å². The summed E-state index contributed by atoms with van der Waals surface area (Å²) in [6, 6.07) is 7.85. The Labute approximate surface area is 87.5 Å². The molecule has 0 radical (unpaired) electrons. The molecular formula is C11H11N3O. The second kappa shape index (κ2) is 3.65. The minimum atomic E-state index is 0.381. The van der Waals surface area contributed by atoms with Crippen molar-refractivity contribution in [2.45, 2.75) is 6.92 Å². The molecule has 0 aliphatic carbocycles. The van der Waals surface area contributed by atoms with Gasteiger partial charge < -0.3 is 0 Å². The smallest absolute Gasteiger partial charge is 0.172 e. The minimum absolute atomic E-state index is 0.381. The maximum atomic E-state index is 10.8. The van der Waals surface area contributed by atoms with Crippen LogP contribution in [0, 0.1) is 6.92 Å². The van der Waals surface area contributed by atoms with E-state index in [0.717, 1.165) is 23.1 Å². The second-order valence-electron chi connectivity index (χ2n) is 3.38. The van der Waals surface area contributed by atoms with Crippen molar-refractivity contribution in [3.05, 3.63) is 35.5 Å². The van der Waals surface area contributed by atoms with E-state index in [1.54, 1.807) is 11.7 Å². The van der Waals surface area contributed by atoms with Crippen LogP contribution in [0.2, 0.25) is 0 Å². The van der Waals surface area contributed by atoms with Crippen molar-refractivity contribution in [2.24, 2.45) is 7.05 Å². The van der Waals surface area contributed by atoms with Gasteiger partial charge in [-0.15, -0.1) is 5.10 Å². The van der Waals surface area contributed by atoms with Gasteiger partial charge in [0.05, 0.1) is 5.69 Å². The molecule has 1 aromatic heterocycles. The van der Waals surface area contributed by atoms with Gasteiger partial charge in [-0.05, 0) is 12.5 Å². The highest BCUT2D eigenvalue weighted by atomic mass is 16.1. The summed E-state index contributed by atoms with van der Waals surface area (Å²) in [7, 11) is 1.78. The number of aromatic nitrogens is 3. The largest absolute Gasteiger partial charge is 0.296 e. The normalized spacial score (nSPS) is 10.3. The highest BCUT2D eigenvalue weighted by Gasteiger charge is 2.13. The molecule has 0 aliphatic heterocycles. The van der Waals surface area contributed by atoms with Crippen molar-refractivity contribution in [3.63, 3.8) is 0 Å². The zero-order valence-corrected chi connectivity index (χ0v) is 8.64. The van der Waals surface area contributed by atoms with Crippen LogP contribution in [0.25, 0.3) is 11.3 Å². The van der Waals surface area contributed by atoms with Crippen LogP contribution in [-0.2, 0) is 7.05 Å². The summed E-state index contributed by atoms with van der Waals surface area (Å²) < 4.78 is 1.62. The van der Waals surface area contributed by atoms with Gasteiger partial charge in [0, 0.05) is 12.6 Å². The third-order valence-corrected chi connectivity index (χ3v) is 2.36. The fraction of sp³-hybridized carbons (Fsp3) is 0.182. The van der Waals surface area contributed by atoms with Gasteiger partial charge in [-0.1, -0.05) is 29.5 Å². The van der Waals surface area contributed by atoms with Gasteiger partial charge in [0.15, 0.2) is 12.0 Å². The molecule has 0 amide bonds. The first-order valence-electron chi connectivity index (χ1n) is 4.65. The lowest BCUT2D eigenvalue weighted by molar-refractivity contribution is 0.111. The number of aldehydes is 1. The molecule has 0 atom stereocenters. The summed E-state index contributed by atoms with van der Waals surface area (Å²) in [5.41, 5.74) is 3.24. The minimum Gasteiger partial charge on any atom is -0.296 e. The Kier molecular flexibility index (Phi) is 2.33. The SMILES string of the molecule is Cc1ccccc1-c1c(C=O)nnn1C. The van der Waals surface area contributed by atoms with Gasteiger partial charge in [0.1, 0.15) is 0 Å². The molecule has 4 nitrogen and oxygen atoms in total. The Morgan fingerprint density at radius 2 is 2.07 bits per heavy atom. The van der Waals surface area contributed by atoms with E-state index in [1.165, 1.54) is 0 Å². The monoisotopic (exact) mass is 201 g/mol. The number of carbonyl (C=O) groups excluding carboxylic acids is 1. The summed E-state index contributed by atoms with van der Waals surface area (Å²) in [4.78, 5) is 10.8. The fourth-order valence-corrected chi connectivity index (χ4v) is 1.60. The van der Waals surface area contributed by atoms with Crippen LogP contribution in [0.5, 0.6) is 0 Å². The molecule has 0 saturated carbocycles. The van der Waals surface area contributed by atoms with Crippen LogP contribution in [0.1, 0.15) is 16.1 Å². The van der Waals surface area contributed by atoms with Crippen LogP contribution in [0.4, 0.5) is 0 Å². The Hall–Kier alpha value is -1.97. The van der Waals surface area contributed by atoms with Gasteiger partial charge in [0.25, 0.3) is 0 Å². The molecule has 4 heteroatoms. The Morgan fingerprint density at radius 3 is 2.73 bits per heavy atom. The molecule has 0 bridgehead atoms. The lowest BCUT2D eigenvalue weighted by Crippen LogP contribution is -1.96. The van der Waals surface area contributed by atoms with E-state index >= 15 is 0 Å². The molecule has 0 aliphatic rings. The third kappa shape index (κ3) is 1.54. The molecule has 0 N–H and O–H groups in total. The van der Waals surface area contributed by atoms with Crippen LogP contribution in [-0.4, -0.2) is 21.3 Å². The highest BCUT2D eigenvalue weighted by Crippen LogP contribution is 2.23. The van der Waals surface area contributed by atoms with Crippen molar-refractivity contribution >= 4 is 6.29 Å². The quantitative estimate of drug-likeness (QED) is 0.693. The Morgan fingerprint density at radius 1 is 1.33 bits per heavy atom. The van der Waals surface area contributed by atoms with E-state index < -0.39 is 0 Å². The van der Waals surface area contributed by atoms with E-state index in [-0.39, 0.29) is 0 Å². The first-order chi connectivity index (χ1) is 7.24. The summed E-state index contributed by atoms with van der Waals surface area (Å²) in [6.45, 7) is 2.00. The third-order valence-electron chi connectivity index (χ3n) is 2.36. The predicted octanol–water partition coefficient (Wildman–Crippen LogP) is 1.60. The zero-order valence-electron chi connectivity index (χ0n) is 8.64. The first kappa shape index (κ1) is 9.58. The first-order valence-corrected chi connectivity index (χ1v) is 4.65. The maximum absolute atomic E-state index is 10.8. The van der Waals surface area contributed by atoms with E-state index in [0.29, 0.717) is 5.69 Å². The van der Waals surface area contributed by atoms with Crippen LogP contribution in [0.3, 0.4) is 0 Å². The fourth-order valence-electron chi connectivity index (χ4n) is 1.60. The van der Waals surface area contributed by atoms with Gasteiger partial charge in [0.2, 0.25) is 0 Å². The maximum Gasteiger partial charge on any atom is 0.172 e. The van der Waals surface area contributed by atoms with E-state index in [4.69, 9.17) is 0 Å². The average Bonchev–Trinajstić information content (AvgIpc) is 2.60. The number of hydrogen-bond acceptors (Lipinski definition) is 3. The second-order valence-corrected chi connectivity index (χ2v) is 3.38. The van der Waals surface area contributed by atoms with Gasteiger partial charge in [-0.2, -0.15) is 0 Å². The number of aryl methyl sites for hydroxylation is 2. The zero-order chi connectivity index (χ0) is 10.8. The van der Waals surface area contributed by atoms with Crippen molar-refractivity contribution in [2.75, 3.05) is 0 Å². The molecule has 2 aromatic rings. The summed E-state index contributed by atoms with van der Waals surface area (Å²) in [5.74, 6) is 0. The van der Waals surface area contributed by atoms with Crippen molar-refractivity contribution in [3.8, 4) is 11.3 Å².